The van der Waals surface area contributed by atoms with Crippen molar-refractivity contribution in [2.75, 3.05) is 18.2 Å². The van der Waals surface area contributed by atoms with Crippen molar-refractivity contribution in [3.63, 3.8) is 0 Å². The molecule has 1 amide bonds. The Kier molecular flexibility index (Phi) is 3.66. The summed E-state index contributed by atoms with van der Waals surface area (Å²) in [5, 5.41) is 2.80. The van der Waals surface area contributed by atoms with Crippen molar-refractivity contribution in [3.8, 4) is 5.75 Å². The zero-order valence-electron chi connectivity index (χ0n) is 10.8. The molecule has 0 radical (unpaired) electrons. The molecule has 5 heteroatoms. The Hall–Kier alpha value is -2.56. The van der Waals surface area contributed by atoms with Gasteiger partial charge in [-0.2, -0.15) is 0 Å². The molecule has 1 heterocycles. The Morgan fingerprint density at radius 3 is 2.79 bits per heavy atom. The van der Waals surface area contributed by atoms with E-state index in [2.05, 4.69) is 10.3 Å². The predicted molar refractivity (Wildman–Crippen MR) is 74.3 cm³/mol. The highest BCUT2D eigenvalue weighted by molar-refractivity contribution is 6.07. The number of hydrogen-bond donors (Lipinski definition) is 2. The summed E-state index contributed by atoms with van der Waals surface area (Å²) in [4.78, 5) is 16.0. The quantitative estimate of drug-likeness (QED) is 0.884. The molecular formula is C14H15N3O2. The zero-order chi connectivity index (χ0) is 13.8. The van der Waals surface area contributed by atoms with Gasteiger partial charge in [-0.1, -0.05) is 0 Å². The number of carbonyl (C=O) groups is 1. The van der Waals surface area contributed by atoms with Gasteiger partial charge in [0.05, 0.1) is 12.7 Å². The Morgan fingerprint density at radius 1 is 1.37 bits per heavy atom. The SMILES string of the molecule is COc1ccc(NC(=O)c2cnccc2N)c(C)c1. The number of nitrogen functional groups attached to an aromatic ring is 1. The number of nitrogens with two attached hydrogens (primary N) is 1. The minimum Gasteiger partial charge on any atom is -0.497 e. The van der Waals surface area contributed by atoms with Crippen LogP contribution in [0, 0.1) is 6.92 Å². The van der Waals surface area contributed by atoms with Crippen LogP contribution in [-0.2, 0) is 0 Å². The number of carbonyl (C=O) groups excluding carboxylic acids is 1. The van der Waals surface area contributed by atoms with Gasteiger partial charge in [0.25, 0.3) is 5.91 Å². The van der Waals surface area contributed by atoms with E-state index in [0.717, 1.165) is 11.3 Å². The van der Waals surface area contributed by atoms with Gasteiger partial charge in [0, 0.05) is 23.8 Å². The van der Waals surface area contributed by atoms with Gasteiger partial charge < -0.3 is 15.8 Å². The van der Waals surface area contributed by atoms with E-state index in [-0.39, 0.29) is 5.91 Å². The molecule has 0 spiro atoms. The number of pyridine rings is 1. The summed E-state index contributed by atoms with van der Waals surface area (Å²) in [6.45, 7) is 1.89. The van der Waals surface area contributed by atoms with Gasteiger partial charge in [-0.05, 0) is 36.8 Å². The molecule has 0 aliphatic heterocycles. The number of nitrogens with one attached hydrogen (secondary N) is 1. The van der Waals surface area contributed by atoms with E-state index < -0.39 is 0 Å². The fourth-order valence-electron chi connectivity index (χ4n) is 1.69. The summed E-state index contributed by atoms with van der Waals surface area (Å²) in [5.74, 6) is 0.468. The number of benzene rings is 1. The Balaban J connectivity index is 2.22. The van der Waals surface area contributed by atoms with Crippen molar-refractivity contribution in [2.45, 2.75) is 6.92 Å². The Morgan fingerprint density at radius 2 is 2.16 bits per heavy atom. The highest BCUT2D eigenvalue weighted by Crippen LogP contribution is 2.22. The molecule has 0 saturated carbocycles. The molecule has 1 aromatic carbocycles. The molecule has 2 aromatic rings. The van der Waals surface area contributed by atoms with Crippen molar-refractivity contribution < 1.29 is 9.53 Å². The van der Waals surface area contributed by atoms with E-state index in [4.69, 9.17) is 10.5 Å². The van der Waals surface area contributed by atoms with Crippen molar-refractivity contribution in [2.24, 2.45) is 0 Å². The van der Waals surface area contributed by atoms with Crippen molar-refractivity contribution in [1.82, 2.24) is 4.98 Å². The molecule has 0 unspecified atom stereocenters. The average molecular weight is 257 g/mol. The molecule has 0 aliphatic carbocycles. The molecule has 3 N–H and O–H groups in total. The fourth-order valence-corrected chi connectivity index (χ4v) is 1.69. The first-order valence-electron chi connectivity index (χ1n) is 5.77. The summed E-state index contributed by atoms with van der Waals surface area (Å²) in [6, 6.07) is 7.02. The van der Waals surface area contributed by atoms with E-state index in [1.54, 1.807) is 31.5 Å². The average Bonchev–Trinajstić information content (AvgIpc) is 2.41. The van der Waals surface area contributed by atoms with Crippen LogP contribution < -0.4 is 15.8 Å². The maximum absolute atomic E-state index is 12.1. The Bertz CT molecular complexity index is 611. The van der Waals surface area contributed by atoms with Gasteiger partial charge >= 0.3 is 0 Å². The summed E-state index contributed by atoms with van der Waals surface area (Å²) in [6.07, 6.45) is 2.99. The highest BCUT2D eigenvalue weighted by Gasteiger charge is 2.11. The first-order chi connectivity index (χ1) is 9.11. The number of nitrogens with zero attached hydrogens (tertiary/aromatic N) is 1. The number of methoxy groups -OCH3 is 1. The molecular weight excluding hydrogens is 242 g/mol. The molecule has 5 nitrogen and oxygen atoms in total. The van der Waals surface area contributed by atoms with Crippen LogP contribution in [-0.4, -0.2) is 18.0 Å². The first kappa shape index (κ1) is 12.9. The van der Waals surface area contributed by atoms with Crippen LogP contribution in [0.4, 0.5) is 11.4 Å². The molecule has 0 aliphatic rings. The number of ether oxygens (including phenoxy) is 1. The lowest BCUT2D eigenvalue weighted by atomic mass is 10.1. The number of amides is 1. The zero-order valence-corrected chi connectivity index (χ0v) is 10.8. The molecule has 0 bridgehead atoms. The van der Waals surface area contributed by atoms with E-state index in [9.17, 15) is 4.79 Å². The van der Waals surface area contributed by atoms with Gasteiger partial charge in [0.2, 0.25) is 0 Å². The maximum Gasteiger partial charge on any atom is 0.259 e. The predicted octanol–water partition coefficient (Wildman–Crippen LogP) is 2.23. The largest absolute Gasteiger partial charge is 0.497 e. The molecule has 2 rings (SSSR count). The third-order valence-electron chi connectivity index (χ3n) is 2.78. The number of hydrogen-bond acceptors (Lipinski definition) is 4. The van der Waals surface area contributed by atoms with Crippen LogP contribution in [0.15, 0.2) is 36.7 Å². The number of aryl methyl sites for hydroxylation is 1. The maximum atomic E-state index is 12.1. The Labute approximate surface area is 111 Å². The van der Waals surface area contributed by atoms with E-state index >= 15 is 0 Å². The normalized spacial score (nSPS) is 10.0. The monoisotopic (exact) mass is 257 g/mol. The molecule has 98 valence electrons. The van der Waals surface area contributed by atoms with E-state index in [1.807, 2.05) is 13.0 Å². The minimum absolute atomic E-state index is 0.279. The van der Waals surface area contributed by atoms with Crippen molar-refractivity contribution in [3.05, 3.63) is 47.8 Å². The molecule has 0 saturated heterocycles. The highest BCUT2D eigenvalue weighted by atomic mass is 16.5. The second kappa shape index (κ2) is 5.39. The van der Waals surface area contributed by atoms with Gasteiger partial charge in [0.1, 0.15) is 5.75 Å². The number of anilines is 2. The van der Waals surface area contributed by atoms with Crippen LogP contribution in [0.5, 0.6) is 5.75 Å². The second-order valence-corrected chi connectivity index (χ2v) is 4.10. The third-order valence-corrected chi connectivity index (χ3v) is 2.78. The lowest BCUT2D eigenvalue weighted by molar-refractivity contribution is 0.102. The third kappa shape index (κ3) is 2.82. The lowest BCUT2D eigenvalue weighted by Crippen LogP contribution is -2.15. The summed E-state index contributed by atoms with van der Waals surface area (Å²) in [5.41, 5.74) is 8.13. The van der Waals surface area contributed by atoms with Gasteiger partial charge in [-0.3, -0.25) is 9.78 Å². The number of rotatable bonds is 3. The summed E-state index contributed by atoms with van der Waals surface area (Å²) < 4.78 is 5.12. The van der Waals surface area contributed by atoms with Gasteiger partial charge in [-0.25, -0.2) is 0 Å². The van der Waals surface area contributed by atoms with Crippen LogP contribution in [0.2, 0.25) is 0 Å². The molecule has 0 fully saturated rings. The van der Waals surface area contributed by atoms with Crippen LogP contribution in [0.3, 0.4) is 0 Å². The molecule has 19 heavy (non-hydrogen) atoms. The smallest absolute Gasteiger partial charge is 0.259 e. The van der Waals surface area contributed by atoms with Crippen LogP contribution in [0.25, 0.3) is 0 Å². The molecule has 0 atom stereocenters. The van der Waals surface area contributed by atoms with Crippen LogP contribution >= 0.6 is 0 Å². The van der Waals surface area contributed by atoms with Gasteiger partial charge in [-0.15, -0.1) is 0 Å². The minimum atomic E-state index is -0.279. The standard InChI is InChI=1S/C14H15N3O2/c1-9-7-10(19-2)3-4-13(9)17-14(18)11-8-16-6-5-12(11)15/h3-8H,1-2H3,(H2,15,16)(H,17,18). The first-order valence-corrected chi connectivity index (χ1v) is 5.77. The summed E-state index contributed by atoms with van der Waals surface area (Å²) in [7, 11) is 1.60. The van der Waals surface area contributed by atoms with Crippen LogP contribution in [0.1, 0.15) is 15.9 Å². The molecule has 1 aromatic heterocycles. The van der Waals surface area contributed by atoms with Gasteiger partial charge in [0.15, 0.2) is 0 Å². The van der Waals surface area contributed by atoms with E-state index in [1.165, 1.54) is 6.20 Å². The number of aromatic nitrogens is 1. The lowest BCUT2D eigenvalue weighted by Gasteiger charge is -2.10. The summed E-state index contributed by atoms with van der Waals surface area (Å²) >= 11 is 0. The van der Waals surface area contributed by atoms with E-state index in [0.29, 0.717) is 16.9 Å². The topological polar surface area (TPSA) is 77.2 Å². The van der Waals surface area contributed by atoms with Crippen molar-refractivity contribution >= 4 is 17.3 Å². The second-order valence-electron chi connectivity index (χ2n) is 4.10. The van der Waals surface area contributed by atoms with Crippen molar-refractivity contribution in [1.29, 1.82) is 0 Å². The fraction of sp³-hybridized carbons (Fsp3) is 0.143.